The molecular weight excluding hydrogens is 821 g/mol. The number of nitrogens with zero attached hydrogens (tertiary/aromatic N) is 2. The third-order valence-electron chi connectivity index (χ3n) is 14.4. The fourth-order valence-corrected chi connectivity index (χ4v) is 10.7. The maximum absolute atomic E-state index is 14.0. The summed E-state index contributed by atoms with van der Waals surface area (Å²) in [6.07, 6.45) is 32.5. The monoisotopic (exact) mass is 899 g/mol. The molecule has 66 heavy (non-hydrogen) atoms. The van der Waals surface area contributed by atoms with E-state index in [1.165, 1.54) is 151 Å². The van der Waals surface area contributed by atoms with Crippen LogP contribution >= 0.6 is 0 Å². The zero-order chi connectivity index (χ0) is 46.1. The zero-order valence-electron chi connectivity index (χ0n) is 40.6. The Bertz CT molecular complexity index is 2100. The first kappa shape index (κ1) is 49.5. The molecule has 2 heterocycles. The number of hydrogen-bond donors (Lipinski definition) is 0. The molecule has 2 aliphatic rings. The summed E-state index contributed by atoms with van der Waals surface area (Å²) in [7, 11) is 0. The number of rotatable bonds is 34. The van der Waals surface area contributed by atoms with Gasteiger partial charge in [-0.05, 0) is 82.3 Å². The maximum Gasteiger partial charge on any atom is 0.261 e. The van der Waals surface area contributed by atoms with Crippen LogP contribution in [0, 0.1) is 0 Å². The van der Waals surface area contributed by atoms with Crippen LogP contribution in [0.2, 0.25) is 0 Å². The molecule has 4 amide bonds. The Hall–Kier alpha value is -4.40. The van der Waals surface area contributed by atoms with Gasteiger partial charge in [-0.25, -0.2) is 0 Å². The third kappa shape index (κ3) is 11.8. The van der Waals surface area contributed by atoms with Crippen molar-refractivity contribution in [2.24, 2.45) is 0 Å². The predicted molar refractivity (Wildman–Crippen MR) is 271 cm³/mol. The van der Waals surface area contributed by atoms with Gasteiger partial charge in [0.15, 0.2) is 0 Å². The average molecular weight is 899 g/mol. The Morgan fingerprint density at radius 2 is 0.545 bits per heavy atom. The van der Waals surface area contributed by atoms with E-state index in [0.29, 0.717) is 85.4 Å². The smallest absolute Gasteiger partial charge is 0.261 e. The van der Waals surface area contributed by atoms with Crippen molar-refractivity contribution in [2.45, 2.75) is 181 Å². The van der Waals surface area contributed by atoms with Gasteiger partial charge in [0.05, 0.1) is 0 Å². The highest BCUT2D eigenvalue weighted by atomic mass is 16.5. The largest absolute Gasteiger partial charge is 0.381 e. The number of amides is 4. The lowest BCUT2D eigenvalue weighted by molar-refractivity contribution is 0.0566. The highest BCUT2D eigenvalue weighted by Crippen LogP contribution is 2.46. The van der Waals surface area contributed by atoms with E-state index in [-0.39, 0.29) is 23.6 Å². The quantitative estimate of drug-likeness (QED) is 0.0177. The minimum atomic E-state index is -0.278. The second-order valence-corrected chi connectivity index (χ2v) is 19.4. The number of unbranched alkanes of at least 4 members (excludes halogenated alkanes) is 22. The first-order valence-corrected chi connectivity index (χ1v) is 26.6. The molecule has 0 spiro atoms. The van der Waals surface area contributed by atoms with Crippen LogP contribution in [0.1, 0.15) is 222 Å². The minimum Gasteiger partial charge on any atom is -0.381 e. The van der Waals surface area contributed by atoms with E-state index in [9.17, 15) is 19.2 Å². The molecule has 0 unspecified atom stereocenters. The lowest BCUT2D eigenvalue weighted by Crippen LogP contribution is -2.41. The lowest BCUT2D eigenvalue weighted by atomic mass is 9.82. The summed E-state index contributed by atoms with van der Waals surface area (Å²) < 4.78 is 11.9. The summed E-state index contributed by atoms with van der Waals surface area (Å²) in [6.45, 7) is 7.58. The van der Waals surface area contributed by atoms with Crippen LogP contribution in [-0.4, -0.2) is 72.9 Å². The minimum absolute atomic E-state index is 0.278. The lowest BCUT2D eigenvalue weighted by Gasteiger charge is -2.30. The summed E-state index contributed by atoms with van der Waals surface area (Å²) in [5.41, 5.74) is 2.10. The van der Waals surface area contributed by atoms with E-state index < -0.39 is 0 Å². The highest BCUT2D eigenvalue weighted by molar-refractivity contribution is 6.41. The fraction of sp³-hybridized carbons (Fsp3) is 0.586. The summed E-state index contributed by atoms with van der Waals surface area (Å²) in [6, 6.07) is 15.3. The van der Waals surface area contributed by atoms with Gasteiger partial charge in [-0.1, -0.05) is 179 Å². The normalized spacial score (nSPS) is 13.9. The molecule has 5 aromatic carbocycles. The van der Waals surface area contributed by atoms with Crippen molar-refractivity contribution >= 4 is 66.7 Å². The molecular formula is C58H78N2O6. The summed E-state index contributed by atoms with van der Waals surface area (Å²) >= 11 is 0. The van der Waals surface area contributed by atoms with Crippen molar-refractivity contribution in [1.29, 1.82) is 0 Å². The number of benzene rings is 5. The zero-order valence-corrected chi connectivity index (χ0v) is 40.6. The Labute approximate surface area is 394 Å². The molecule has 8 nitrogen and oxygen atoms in total. The van der Waals surface area contributed by atoms with Crippen LogP contribution in [0.15, 0.2) is 48.5 Å². The van der Waals surface area contributed by atoms with Crippen molar-refractivity contribution in [2.75, 3.05) is 39.5 Å². The number of carbonyl (C=O) groups is 4. The second kappa shape index (κ2) is 25.7. The topological polar surface area (TPSA) is 93.2 Å². The predicted octanol–water partition coefficient (Wildman–Crippen LogP) is 15.1. The van der Waals surface area contributed by atoms with Crippen molar-refractivity contribution < 1.29 is 28.7 Å². The molecule has 0 saturated carbocycles. The molecule has 2 aliphatic heterocycles. The van der Waals surface area contributed by atoms with Crippen LogP contribution in [0.3, 0.4) is 0 Å². The van der Waals surface area contributed by atoms with E-state index >= 15 is 0 Å². The Kier molecular flexibility index (Phi) is 19.2. The molecule has 0 aliphatic carbocycles. The molecule has 7 rings (SSSR count). The van der Waals surface area contributed by atoms with Gasteiger partial charge >= 0.3 is 0 Å². The van der Waals surface area contributed by atoms with E-state index in [1.807, 2.05) is 48.5 Å². The molecule has 356 valence electrons. The summed E-state index contributed by atoms with van der Waals surface area (Å²) in [4.78, 5) is 58.8. The van der Waals surface area contributed by atoms with Crippen molar-refractivity contribution in [3.05, 3.63) is 70.8 Å². The van der Waals surface area contributed by atoms with E-state index in [1.54, 1.807) is 0 Å². The van der Waals surface area contributed by atoms with Gasteiger partial charge < -0.3 is 9.47 Å². The number of carbonyl (C=O) groups excluding carboxylic acids is 4. The molecule has 8 heteroatoms. The second-order valence-electron chi connectivity index (χ2n) is 19.4. The van der Waals surface area contributed by atoms with E-state index in [0.717, 1.165) is 45.2 Å². The van der Waals surface area contributed by atoms with Gasteiger partial charge in [0.1, 0.15) is 0 Å². The highest BCUT2D eigenvalue weighted by Gasteiger charge is 2.36. The summed E-state index contributed by atoms with van der Waals surface area (Å²) in [5, 5.41) is 6.68. The average Bonchev–Trinajstić information content (AvgIpc) is 3.33. The van der Waals surface area contributed by atoms with Crippen LogP contribution in [0.25, 0.3) is 43.1 Å². The SMILES string of the molecule is CCCCCCCCCCCCCCOCCCN1C(=O)c2ccc3c4ccc5c6c(ccc(c7ccc(c2c37)C1=O)c64)C(=O)N(CCCOCCCCCCCCCCCCCC)C5=O. The number of imide groups is 2. The molecule has 0 saturated heterocycles. The van der Waals surface area contributed by atoms with Crippen LogP contribution in [0.5, 0.6) is 0 Å². The standard InChI is InChI=1S/C58H78N2O6/c1-3-5-7-9-11-13-15-17-19-21-23-25-39-65-41-27-37-59-55(61)47-33-29-43-45-31-35-49-54-50(36-32-46(52(45)54)44-30-34-48(56(59)62)53(47)51(43)44)58(64)60(57(49)63)38-28-42-66-40-26-24-22-20-18-16-14-12-10-8-6-4-2/h29-36H,3-28,37-42H2,1-2H3. The Morgan fingerprint density at radius 1 is 0.303 bits per heavy atom. The van der Waals surface area contributed by atoms with Gasteiger partial charge in [0.25, 0.3) is 23.6 Å². The van der Waals surface area contributed by atoms with Crippen LogP contribution < -0.4 is 0 Å². The van der Waals surface area contributed by atoms with Gasteiger partial charge in [-0.3, -0.25) is 29.0 Å². The van der Waals surface area contributed by atoms with Crippen molar-refractivity contribution in [3.8, 4) is 0 Å². The fourth-order valence-electron chi connectivity index (χ4n) is 10.7. The maximum atomic E-state index is 14.0. The number of fused-ring (bicyclic) bond motifs is 2. The molecule has 0 radical (unpaired) electrons. The van der Waals surface area contributed by atoms with E-state index in [2.05, 4.69) is 13.8 Å². The first-order valence-electron chi connectivity index (χ1n) is 26.6. The van der Waals surface area contributed by atoms with Crippen molar-refractivity contribution in [3.63, 3.8) is 0 Å². The van der Waals surface area contributed by atoms with Crippen LogP contribution in [-0.2, 0) is 9.47 Å². The molecule has 0 aromatic heterocycles. The number of hydrogen-bond acceptors (Lipinski definition) is 6. The van der Waals surface area contributed by atoms with Gasteiger partial charge in [0, 0.05) is 72.5 Å². The van der Waals surface area contributed by atoms with Crippen LogP contribution in [0.4, 0.5) is 0 Å². The van der Waals surface area contributed by atoms with Gasteiger partial charge in [0.2, 0.25) is 0 Å². The van der Waals surface area contributed by atoms with Gasteiger partial charge in [-0.15, -0.1) is 0 Å². The number of ether oxygens (including phenoxy) is 2. The molecule has 5 aromatic rings. The summed E-state index contributed by atoms with van der Waals surface area (Å²) in [5.74, 6) is -1.11. The Balaban J connectivity index is 0.894. The molecule has 0 N–H and O–H groups in total. The Morgan fingerprint density at radius 3 is 0.818 bits per heavy atom. The molecule has 0 atom stereocenters. The van der Waals surface area contributed by atoms with E-state index in [4.69, 9.17) is 9.47 Å². The van der Waals surface area contributed by atoms with Crippen molar-refractivity contribution in [1.82, 2.24) is 9.80 Å². The third-order valence-corrected chi connectivity index (χ3v) is 14.4. The first-order chi connectivity index (χ1) is 32.5. The molecule has 0 fully saturated rings. The molecule has 0 bridgehead atoms. The van der Waals surface area contributed by atoms with Gasteiger partial charge in [-0.2, -0.15) is 0 Å².